The summed E-state index contributed by atoms with van der Waals surface area (Å²) in [5.74, 6) is -1.02. The molecule has 0 spiro atoms. The second-order valence-electron chi connectivity index (χ2n) is 3.89. The van der Waals surface area contributed by atoms with E-state index in [1.807, 2.05) is 6.92 Å². The summed E-state index contributed by atoms with van der Waals surface area (Å²) in [5, 5.41) is 21.5. The zero-order valence-corrected chi connectivity index (χ0v) is 11.1. The Balaban J connectivity index is 2.19. The Labute approximate surface area is 113 Å². The van der Waals surface area contributed by atoms with Gasteiger partial charge in [-0.1, -0.05) is 0 Å². The number of anilines is 2. The summed E-state index contributed by atoms with van der Waals surface area (Å²) in [4.78, 5) is 20.0. The summed E-state index contributed by atoms with van der Waals surface area (Å²) in [6, 6.07) is 1.50. The molecule has 100 valence electrons. The standard InChI is InChI=1S/C12H13N3O3S/c1-7-10(2-3-16)19-12(14-7)15-9-4-8(11(17)18)5-13-6-9/h4-6,16H,2-3H2,1H3,(H,14,15)(H,17,18). The molecule has 0 amide bonds. The van der Waals surface area contributed by atoms with Crippen molar-refractivity contribution in [3.63, 3.8) is 0 Å². The fraction of sp³-hybridized carbons (Fsp3) is 0.250. The minimum Gasteiger partial charge on any atom is -0.478 e. The van der Waals surface area contributed by atoms with Gasteiger partial charge in [0.1, 0.15) is 0 Å². The summed E-state index contributed by atoms with van der Waals surface area (Å²) in [7, 11) is 0. The molecular weight excluding hydrogens is 266 g/mol. The molecule has 2 rings (SSSR count). The molecule has 6 nitrogen and oxygen atoms in total. The Bertz CT molecular complexity index is 598. The number of thiazole rings is 1. The molecule has 19 heavy (non-hydrogen) atoms. The maximum Gasteiger partial charge on any atom is 0.337 e. The van der Waals surface area contributed by atoms with Gasteiger partial charge in [0.2, 0.25) is 0 Å². The van der Waals surface area contributed by atoms with E-state index in [4.69, 9.17) is 10.2 Å². The number of carbonyl (C=O) groups is 1. The number of aryl methyl sites for hydroxylation is 1. The van der Waals surface area contributed by atoms with Crippen LogP contribution in [0.4, 0.5) is 10.8 Å². The highest BCUT2D eigenvalue weighted by molar-refractivity contribution is 7.15. The number of rotatable bonds is 5. The zero-order chi connectivity index (χ0) is 13.8. The van der Waals surface area contributed by atoms with Gasteiger partial charge in [-0.3, -0.25) is 4.98 Å². The highest BCUT2D eigenvalue weighted by Crippen LogP contribution is 2.26. The molecule has 0 unspecified atom stereocenters. The van der Waals surface area contributed by atoms with Crippen LogP contribution in [0.1, 0.15) is 20.9 Å². The lowest BCUT2D eigenvalue weighted by atomic mass is 10.3. The second kappa shape index (κ2) is 5.77. The number of nitrogens with one attached hydrogen (secondary N) is 1. The topological polar surface area (TPSA) is 95.3 Å². The molecule has 0 fully saturated rings. The van der Waals surface area contributed by atoms with Crippen molar-refractivity contribution in [1.82, 2.24) is 9.97 Å². The Morgan fingerprint density at radius 2 is 2.26 bits per heavy atom. The average molecular weight is 279 g/mol. The monoisotopic (exact) mass is 279 g/mol. The van der Waals surface area contributed by atoms with Gasteiger partial charge in [0.05, 0.1) is 23.1 Å². The summed E-state index contributed by atoms with van der Waals surface area (Å²) in [5.41, 5.74) is 1.56. The van der Waals surface area contributed by atoms with Crippen LogP contribution in [0.3, 0.4) is 0 Å². The highest BCUT2D eigenvalue weighted by Gasteiger charge is 2.09. The predicted molar refractivity (Wildman–Crippen MR) is 72.1 cm³/mol. The molecule has 2 aromatic heterocycles. The summed E-state index contributed by atoms with van der Waals surface area (Å²) in [6.45, 7) is 1.96. The van der Waals surface area contributed by atoms with E-state index in [0.717, 1.165) is 10.6 Å². The number of aliphatic hydroxyl groups is 1. The minimum absolute atomic E-state index is 0.0819. The van der Waals surface area contributed by atoms with Gasteiger partial charge in [-0.25, -0.2) is 9.78 Å². The quantitative estimate of drug-likeness (QED) is 0.772. The molecule has 0 bridgehead atoms. The highest BCUT2D eigenvalue weighted by atomic mass is 32.1. The first-order valence-corrected chi connectivity index (χ1v) is 6.44. The van der Waals surface area contributed by atoms with Crippen LogP contribution in [0.5, 0.6) is 0 Å². The number of hydrogen-bond acceptors (Lipinski definition) is 6. The van der Waals surface area contributed by atoms with Gasteiger partial charge in [0, 0.05) is 24.1 Å². The number of carboxylic acid groups (broad SMARTS) is 1. The third kappa shape index (κ3) is 3.27. The SMILES string of the molecule is Cc1nc(Nc2cncc(C(=O)O)c2)sc1CCO. The van der Waals surface area contributed by atoms with Crippen LogP contribution in [0.25, 0.3) is 0 Å². The molecule has 2 aromatic rings. The van der Waals surface area contributed by atoms with Gasteiger partial charge in [0.15, 0.2) is 5.13 Å². The number of pyridine rings is 1. The van der Waals surface area contributed by atoms with E-state index in [9.17, 15) is 4.79 Å². The number of carboxylic acids is 1. The molecule has 0 aliphatic rings. The van der Waals surface area contributed by atoms with Crippen LogP contribution in [0.2, 0.25) is 0 Å². The van der Waals surface area contributed by atoms with Crippen molar-refractivity contribution in [3.05, 3.63) is 34.6 Å². The summed E-state index contributed by atoms with van der Waals surface area (Å²) in [6.07, 6.45) is 3.39. The van der Waals surface area contributed by atoms with Gasteiger partial charge >= 0.3 is 5.97 Å². The van der Waals surface area contributed by atoms with Crippen molar-refractivity contribution in [2.24, 2.45) is 0 Å². The first-order valence-electron chi connectivity index (χ1n) is 5.62. The molecule has 0 aromatic carbocycles. The van der Waals surface area contributed by atoms with Crippen molar-refractivity contribution in [2.45, 2.75) is 13.3 Å². The predicted octanol–water partition coefficient (Wildman–Crippen LogP) is 1.82. The largest absolute Gasteiger partial charge is 0.478 e. The lowest BCUT2D eigenvalue weighted by Crippen LogP contribution is -1.99. The summed E-state index contributed by atoms with van der Waals surface area (Å²) < 4.78 is 0. The minimum atomic E-state index is -1.02. The molecule has 2 heterocycles. The van der Waals surface area contributed by atoms with Crippen LogP contribution in [0, 0.1) is 6.92 Å². The van der Waals surface area contributed by atoms with Crippen LogP contribution in [0.15, 0.2) is 18.5 Å². The van der Waals surface area contributed by atoms with Gasteiger partial charge in [-0.2, -0.15) is 0 Å². The van der Waals surface area contributed by atoms with E-state index in [2.05, 4.69) is 15.3 Å². The van der Waals surface area contributed by atoms with E-state index in [1.165, 1.54) is 29.8 Å². The van der Waals surface area contributed by atoms with Crippen molar-refractivity contribution < 1.29 is 15.0 Å². The Kier molecular flexibility index (Phi) is 4.08. The molecule has 0 aliphatic carbocycles. The Hall–Kier alpha value is -1.99. The molecule has 7 heteroatoms. The van der Waals surface area contributed by atoms with Crippen molar-refractivity contribution >= 4 is 28.1 Å². The number of aromatic nitrogens is 2. The molecule has 0 saturated carbocycles. The lowest BCUT2D eigenvalue weighted by molar-refractivity contribution is 0.0696. The molecule has 0 radical (unpaired) electrons. The van der Waals surface area contributed by atoms with E-state index in [0.29, 0.717) is 17.2 Å². The number of hydrogen-bond donors (Lipinski definition) is 3. The van der Waals surface area contributed by atoms with E-state index >= 15 is 0 Å². The zero-order valence-electron chi connectivity index (χ0n) is 10.3. The molecule has 0 atom stereocenters. The van der Waals surface area contributed by atoms with Gasteiger partial charge in [0.25, 0.3) is 0 Å². The molecular formula is C12H13N3O3S. The summed E-state index contributed by atoms with van der Waals surface area (Å²) >= 11 is 1.44. The fourth-order valence-corrected chi connectivity index (χ4v) is 2.54. The van der Waals surface area contributed by atoms with Gasteiger partial charge in [-0.15, -0.1) is 11.3 Å². The van der Waals surface area contributed by atoms with Crippen molar-refractivity contribution in [2.75, 3.05) is 11.9 Å². The second-order valence-corrected chi connectivity index (χ2v) is 4.98. The smallest absolute Gasteiger partial charge is 0.337 e. The fourth-order valence-electron chi connectivity index (χ4n) is 1.56. The molecule has 0 saturated heterocycles. The first-order chi connectivity index (χ1) is 9.10. The van der Waals surface area contributed by atoms with E-state index in [-0.39, 0.29) is 12.2 Å². The average Bonchev–Trinajstić information content (AvgIpc) is 2.70. The van der Waals surface area contributed by atoms with Crippen LogP contribution < -0.4 is 5.32 Å². The van der Waals surface area contributed by atoms with Crippen LogP contribution in [-0.4, -0.2) is 32.8 Å². The Morgan fingerprint density at radius 3 is 2.95 bits per heavy atom. The maximum absolute atomic E-state index is 10.8. The van der Waals surface area contributed by atoms with E-state index in [1.54, 1.807) is 0 Å². The number of aromatic carboxylic acids is 1. The van der Waals surface area contributed by atoms with Crippen molar-refractivity contribution in [3.8, 4) is 0 Å². The van der Waals surface area contributed by atoms with E-state index < -0.39 is 5.97 Å². The maximum atomic E-state index is 10.8. The molecule has 0 aliphatic heterocycles. The van der Waals surface area contributed by atoms with Gasteiger partial charge < -0.3 is 15.5 Å². The third-order valence-electron chi connectivity index (χ3n) is 2.47. The Morgan fingerprint density at radius 1 is 1.47 bits per heavy atom. The lowest BCUT2D eigenvalue weighted by Gasteiger charge is -2.02. The number of aliphatic hydroxyl groups excluding tert-OH is 1. The van der Waals surface area contributed by atoms with Crippen LogP contribution >= 0.6 is 11.3 Å². The first kappa shape index (κ1) is 13.4. The molecule has 3 N–H and O–H groups in total. The van der Waals surface area contributed by atoms with Crippen molar-refractivity contribution in [1.29, 1.82) is 0 Å². The normalized spacial score (nSPS) is 10.4. The number of nitrogens with zero attached hydrogens (tertiary/aromatic N) is 2. The van der Waals surface area contributed by atoms with Gasteiger partial charge in [-0.05, 0) is 13.0 Å². The van der Waals surface area contributed by atoms with Crippen LogP contribution in [-0.2, 0) is 6.42 Å². The third-order valence-corrected chi connectivity index (χ3v) is 3.60.